The largest absolute Gasteiger partial charge is 0.416 e. The first-order valence-electron chi connectivity index (χ1n) is 6.90. The zero-order valence-corrected chi connectivity index (χ0v) is 14.4. The van der Waals surface area contributed by atoms with Crippen LogP contribution in [0.1, 0.15) is 56.9 Å². The lowest BCUT2D eigenvalue weighted by atomic mass is 10.0. The van der Waals surface area contributed by atoms with Crippen LogP contribution >= 0.6 is 0 Å². The van der Waals surface area contributed by atoms with E-state index in [0.717, 1.165) is 12.1 Å². The molecule has 0 aromatic heterocycles. The molecule has 0 amide bonds. The van der Waals surface area contributed by atoms with E-state index in [0.29, 0.717) is 6.07 Å². The van der Waals surface area contributed by atoms with Gasteiger partial charge in [-0.05, 0) is 51.5 Å². The van der Waals surface area contributed by atoms with E-state index in [2.05, 4.69) is 0 Å². The van der Waals surface area contributed by atoms with Crippen molar-refractivity contribution < 1.29 is 26.2 Å². The van der Waals surface area contributed by atoms with Crippen LogP contribution in [-0.2, 0) is 17.2 Å². The van der Waals surface area contributed by atoms with Crippen molar-refractivity contribution in [1.82, 2.24) is 4.31 Å². The molecule has 8 heteroatoms. The number of alkyl halides is 5. The van der Waals surface area contributed by atoms with Crippen molar-refractivity contribution in [2.45, 2.75) is 51.1 Å². The summed E-state index contributed by atoms with van der Waals surface area (Å²) in [4.78, 5) is 0. The second-order valence-corrected chi connectivity index (χ2v) is 8.57. The highest BCUT2D eigenvalue weighted by Gasteiger charge is 2.34. The molecule has 0 fully saturated rings. The number of halogens is 5. The highest BCUT2D eigenvalue weighted by atomic mass is 32.2. The Morgan fingerprint density at radius 1 is 1.04 bits per heavy atom. The summed E-state index contributed by atoms with van der Waals surface area (Å²) in [5.41, 5.74) is -1.78. The maximum atomic E-state index is 12.9. The highest BCUT2D eigenvalue weighted by molar-refractivity contribution is 7.84. The lowest BCUT2D eigenvalue weighted by molar-refractivity contribution is -0.137. The molecule has 0 saturated heterocycles. The predicted molar refractivity (Wildman–Crippen MR) is 80.5 cm³/mol. The fraction of sp³-hybridized carbons (Fsp3) is 0.600. The molecular weight excluding hydrogens is 337 g/mol. The van der Waals surface area contributed by atoms with E-state index >= 15 is 0 Å². The van der Waals surface area contributed by atoms with Gasteiger partial charge in [-0.25, -0.2) is 17.3 Å². The summed E-state index contributed by atoms with van der Waals surface area (Å²) in [5, 5.41) is 0. The third-order valence-electron chi connectivity index (χ3n) is 3.37. The number of hydrogen-bond donors (Lipinski definition) is 0. The molecule has 1 aromatic carbocycles. The van der Waals surface area contributed by atoms with Gasteiger partial charge in [-0.3, -0.25) is 0 Å². The molecule has 2 nitrogen and oxygen atoms in total. The van der Waals surface area contributed by atoms with Gasteiger partial charge >= 0.3 is 6.18 Å². The molecule has 0 heterocycles. The molecule has 132 valence electrons. The van der Waals surface area contributed by atoms with Crippen LogP contribution in [0.4, 0.5) is 22.0 Å². The van der Waals surface area contributed by atoms with Crippen molar-refractivity contribution in [2.24, 2.45) is 0 Å². The van der Waals surface area contributed by atoms with Crippen molar-refractivity contribution in [3.63, 3.8) is 0 Å². The average Bonchev–Trinajstić information content (AvgIpc) is 2.42. The Labute approximate surface area is 135 Å². The molecule has 0 aliphatic rings. The van der Waals surface area contributed by atoms with Crippen LogP contribution in [0.15, 0.2) is 18.2 Å². The summed E-state index contributed by atoms with van der Waals surface area (Å²) in [7, 11) is 0.00122. The van der Waals surface area contributed by atoms with Crippen LogP contribution in [0.25, 0.3) is 0 Å². The van der Waals surface area contributed by atoms with E-state index in [-0.39, 0.29) is 5.56 Å². The van der Waals surface area contributed by atoms with Gasteiger partial charge < -0.3 is 0 Å². The monoisotopic (exact) mass is 357 g/mol. The van der Waals surface area contributed by atoms with Crippen molar-refractivity contribution in [3.8, 4) is 0 Å². The Morgan fingerprint density at radius 3 is 1.91 bits per heavy atom. The summed E-state index contributed by atoms with van der Waals surface area (Å²) < 4.78 is 77.6. The Bertz CT molecular complexity index is 580. The van der Waals surface area contributed by atoms with Crippen LogP contribution in [0.2, 0.25) is 0 Å². The van der Waals surface area contributed by atoms with Gasteiger partial charge in [-0.2, -0.15) is 13.2 Å². The van der Waals surface area contributed by atoms with Crippen LogP contribution in [0, 0.1) is 0 Å². The van der Waals surface area contributed by atoms with Crippen LogP contribution in [0.5, 0.6) is 0 Å². The van der Waals surface area contributed by atoms with Gasteiger partial charge in [0, 0.05) is 18.7 Å². The minimum Gasteiger partial charge on any atom is -0.242 e. The van der Waals surface area contributed by atoms with Crippen molar-refractivity contribution in [1.29, 1.82) is 0 Å². The molecule has 0 radical (unpaired) electrons. The normalized spacial score (nSPS) is 16.0. The second-order valence-electron chi connectivity index (χ2n) is 6.27. The average molecular weight is 357 g/mol. The maximum Gasteiger partial charge on any atom is 0.416 e. The molecule has 23 heavy (non-hydrogen) atoms. The molecular formula is C15H20F5NOS. The first-order valence-corrected chi connectivity index (χ1v) is 8.01. The van der Waals surface area contributed by atoms with Gasteiger partial charge in [-0.15, -0.1) is 0 Å². The molecule has 0 unspecified atom stereocenters. The predicted octanol–water partition coefficient (Wildman–Crippen LogP) is 5.10. The Hall–Kier alpha value is -1.02. The van der Waals surface area contributed by atoms with Crippen LogP contribution < -0.4 is 0 Å². The van der Waals surface area contributed by atoms with Gasteiger partial charge in [0.1, 0.15) is 0 Å². The minimum absolute atomic E-state index is 0.0511. The Morgan fingerprint density at radius 2 is 1.52 bits per heavy atom. The molecule has 0 aliphatic heterocycles. The number of benzene rings is 1. The van der Waals surface area contributed by atoms with E-state index in [9.17, 15) is 26.2 Å². The zero-order chi connectivity index (χ0) is 18.2. The highest BCUT2D eigenvalue weighted by Crippen LogP contribution is 2.36. The lowest BCUT2D eigenvalue weighted by Crippen LogP contribution is -2.36. The van der Waals surface area contributed by atoms with Gasteiger partial charge in [-0.1, -0.05) is 0 Å². The third-order valence-corrected chi connectivity index (χ3v) is 5.26. The molecule has 1 aromatic rings. The molecule has 0 aliphatic carbocycles. The summed E-state index contributed by atoms with van der Waals surface area (Å²) >= 11 is 0. The van der Waals surface area contributed by atoms with Gasteiger partial charge in [0.25, 0.3) is 6.43 Å². The van der Waals surface area contributed by atoms with Crippen molar-refractivity contribution in [3.05, 3.63) is 34.9 Å². The Kier molecular flexibility index (Phi) is 5.96. The van der Waals surface area contributed by atoms with Crippen LogP contribution in [-0.4, -0.2) is 20.3 Å². The van der Waals surface area contributed by atoms with Crippen LogP contribution in [0.3, 0.4) is 0 Å². The van der Waals surface area contributed by atoms with E-state index in [1.807, 2.05) is 0 Å². The maximum absolute atomic E-state index is 12.9. The van der Waals surface area contributed by atoms with E-state index in [4.69, 9.17) is 0 Å². The smallest absolute Gasteiger partial charge is 0.242 e. The van der Waals surface area contributed by atoms with Crippen molar-refractivity contribution in [2.75, 3.05) is 7.05 Å². The number of nitrogens with zero attached hydrogens (tertiary/aromatic N) is 1. The van der Waals surface area contributed by atoms with Gasteiger partial charge in [0.2, 0.25) is 0 Å². The molecule has 0 N–H and O–H groups in total. The summed E-state index contributed by atoms with van der Waals surface area (Å²) in [6.45, 7) is 6.71. The van der Waals surface area contributed by atoms with Gasteiger partial charge in [0.15, 0.2) is 0 Å². The molecule has 2 atom stereocenters. The number of rotatable bonds is 4. The topological polar surface area (TPSA) is 20.3 Å². The molecule has 0 spiro atoms. The molecule has 0 saturated carbocycles. The summed E-state index contributed by atoms with van der Waals surface area (Å²) in [6, 6.07) is 1.59. The van der Waals surface area contributed by atoms with E-state index in [1.165, 1.54) is 18.3 Å². The lowest BCUT2D eigenvalue weighted by Gasteiger charge is -2.31. The summed E-state index contributed by atoms with van der Waals surface area (Å²) in [6.07, 6.45) is -7.73. The zero-order valence-electron chi connectivity index (χ0n) is 13.5. The standard InChI is InChI=1S/C15H20F5NOS/c1-9(21(5)23(22)14(2,3)4)10-6-11(13(16)17)8-12(7-10)15(18,19)20/h6-9,13H,1-5H3/t9-,23+/m1/s1. The van der Waals surface area contributed by atoms with E-state index < -0.39 is 45.5 Å². The first-order chi connectivity index (χ1) is 10.2. The van der Waals surface area contributed by atoms with E-state index in [1.54, 1.807) is 20.8 Å². The minimum atomic E-state index is -4.72. The molecule has 1 rings (SSSR count). The Balaban J connectivity index is 3.30. The second kappa shape index (κ2) is 6.84. The van der Waals surface area contributed by atoms with Crippen molar-refractivity contribution >= 4 is 11.0 Å². The fourth-order valence-electron chi connectivity index (χ4n) is 1.99. The van der Waals surface area contributed by atoms with Gasteiger partial charge in [0.05, 0.1) is 21.3 Å². The fourth-order valence-corrected chi connectivity index (χ4v) is 3.27. The first kappa shape index (κ1) is 20.0. The molecule has 0 bridgehead atoms. The SMILES string of the molecule is C[C@H](c1cc(C(F)F)cc(C(F)(F)F)c1)N(C)[S@@](=O)C(C)(C)C. The number of hydrogen-bond acceptors (Lipinski definition) is 1. The quantitative estimate of drug-likeness (QED) is 0.687. The third kappa shape index (κ3) is 4.97. The summed E-state index contributed by atoms with van der Waals surface area (Å²) in [5.74, 6) is 0.